The van der Waals surface area contributed by atoms with Crippen LogP contribution in [0, 0.1) is 9.39 Å². The minimum Gasteiger partial charge on any atom is -0.392 e. The molecule has 0 aliphatic rings. The Morgan fingerprint density at radius 3 is 2.61 bits per heavy atom. The Labute approximate surface area is 125 Å². The fourth-order valence-corrected chi connectivity index (χ4v) is 2.32. The molecular weight excluding hydrogens is 366 g/mol. The van der Waals surface area contributed by atoms with Gasteiger partial charge in [-0.1, -0.05) is 12.2 Å². The predicted molar refractivity (Wildman–Crippen MR) is 82.1 cm³/mol. The fraction of sp³-hybridized carbons (Fsp3) is 0.333. The van der Waals surface area contributed by atoms with Crippen molar-refractivity contribution in [3.8, 4) is 0 Å². The third-order valence-electron chi connectivity index (χ3n) is 2.37. The molecule has 98 valence electrons. The number of amides is 1. The predicted octanol–water partition coefficient (Wildman–Crippen LogP) is 2.57. The maximum Gasteiger partial charge on any atom is 0.255 e. The van der Waals surface area contributed by atoms with Crippen LogP contribution in [0.5, 0.6) is 0 Å². The third-order valence-corrected chi connectivity index (χ3v) is 3.39. The van der Waals surface area contributed by atoms with Crippen LogP contribution in [0.4, 0.5) is 4.39 Å². The van der Waals surface area contributed by atoms with Crippen LogP contribution in [-0.4, -0.2) is 28.4 Å². The SMILES string of the molecule is CC(C)N(CC(N)=S)C(=O)c1ccc(F)cc1I. The smallest absolute Gasteiger partial charge is 0.255 e. The molecule has 0 aliphatic carbocycles. The van der Waals surface area contributed by atoms with E-state index in [1.165, 1.54) is 18.2 Å². The number of benzene rings is 1. The number of nitrogens with zero attached hydrogens (tertiary/aromatic N) is 1. The third kappa shape index (κ3) is 3.88. The van der Waals surface area contributed by atoms with E-state index in [4.69, 9.17) is 18.0 Å². The van der Waals surface area contributed by atoms with E-state index in [0.717, 1.165) is 0 Å². The molecule has 0 unspecified atom stereocenters. The van der Waals surface area contributed by atoms with Crippen molar-refractivity contribution in [1.82, 2.24) is 4.90 Å². The topological polar surface area (TPSA) is 46.3 Å². The van der Waals surface area contributed by atoms with E-state index in [1.54, 1.807) is 4.90 Å². The monoisotopic (exact) mass is 380 g/mol. The van der Waals surface area contributed by atoms with Crippen molar-refractivity contribution in [3.63, 3.8) is 0 Å². The minimum atomic E-state index is -0.360. The zero-order valence-corrected chi connectivity index (χ0v) is 13.1. The zero-order chi connectivity index (χ0) is 13.9. The molecule has 0 aliphatic heterocycles. The normalized spacial score (nSPS) is 10.5. The standard InChI is InChI=1S/C12H14FIN2OS/c1-7(2)16(6-11(15)18)12(17)9-4-3-8(13)5-10(9)14/h3-5,7H,6H2,1-2H3,(H2,15,18). The molecule has 3 nitrogen and oxygen atoms in total. The average Bonchev–Trinajstić information content (AvgIpc) is 2.24. The van der Waals surface area contributed by atoms with Gasteiger partial charge in [0.2, 0.25) is 0 Å². The number of carbonyl (C=O) groups is 1. The van der Waals surface area contributed by atoms with Crippen LogP contribution < -0.4 is 5.73 Å². The van der Waals surface area contributed by atoms with Gasteiger partial charge in [0.05, 0.1) is 17.1 Å². The maximum absolute atomic E-state index is 13.0. The Morgan fingerprint density at radius 2 is 2.17 bits per heavy atom. The van der Waals surface area contributed by atoms with Gasteiger partial charge in [-0.3, -0.25) is 4.79 Å². The molecule has 6 heteroatoms. The van der Waals surface area contributed by atoms with Crippen molar-refractivity contribution in [2.24, 2.45) is 5.73 Å². The molecule has 0 spiro atoms. The Bertz CT molecular complexity index is 479. The van der Waals surface area contributed by atoms with Gasteiger partial charge in [0.1, 0.15) is 5.82 Å². The van der Waals surface area contributed by atoms with Gasteiger partial charge in [0.25, 0.3) is 5.91 Å². The van der Waals surface area contributed by atoms with Crippen LogP contribution in [0.2, 0.25) is 0 Å². The second-order valence-corrected chi connectivity index (χ2v) is 5.80. The Balaban J connectivity index is 3.05. The van der Waals surface area contributed by atoms with Gasteiger partial charge >= 0.3 is 0 Å². The summed E-state index contributed by atoms with van der Waals surface area (Å²) in [6, 6.07) is 4.05. The van der Waals surface area contributed by atoms with Gasteiger partial charge in [-0.05, 0) is 54.6 Å². The van der Waals surface area contributed by atoms with Crippen LogP contribution in [0.1, 0.15) is 24.2 Å². The summed E-state index contributed by atoms with van der Waals surface area (Å²) >= 11 is 6.78. The summed E-state index contributed by atoms with van der Waals surface area (Å²) in [5, 5.41) is 0. The van der Waals surface area contributed by atoms with Gasteiger partial charge in [-0.2, -0.15) is 0 Å². The van der Waals surface area contributed by atoms with Crippen molar-refractivity contribution < 1.29 is 9.18 Å². The van der Waals surface area contributed by atoms with Crippen LogP contribution in [0.3, 0.4) is 0 Å². The molecule has 0 aromatic heterocycles. The molecule has 0 saturated heterocycles. The van der Waals surface area contributed by atoms with E-state index in [1.807, 2.05) is 36.4 Å². The first-order chi connectivity index (χ1) is 8.32. The molecular formula is C12H14FIN2OS. The highest BCUT2D eigenvalue weighted by atomic mass is 127. The van der Waals surface area contributed by atoms with Gasteiger partial charge in [0, 0.05) is 9.61 Å². The van der Waals surface area contributed by atoms with Crippen molar-refractivity contribution in [2.45, 2.75) is 19.9 Å². The molecule has 1 aromatic rings. The van der Waals surface area contributed by atoms with Gasteiger partial charge < -0.3 is 10.6 Å². The maximum atomic E-state index is 13.0. The van der Waals surface area contributed by atoms with Crippen molar-refractivity contribution in [3.05, 3.63) is 33.1 Å². The van der Waals surface area contributed by atoms with Gasteiger partial charge in [0.15, 0.2) is 0 Å². The molecule has 0 bridgehead atoms. The number of rotatable bonds is 4. The van der Waals surface area contributed by atoms with Gasteiger partial charge in [-0.15, -0.1) is 0 Å². The highest BCUT2D eigenvalue weighted by Gasteiger charge is 2.21. The Kier molecular flexibility index (Phi) is 5.46. The molecule has 0 radical (unpaired) electrons. The van der Waals surface area contributed by atoms with Crippen LogP contribution in [0.25, 0.3) is 0 Å². The van der Waals surface area contributed by atoms with E-state index in [9.17, 15) is 9.18 Å². The highest BCUT2D eigenvalue weighted by molar-refractivity contribution is 14.1. The molecule has 0 fully saturated rings. The summed E-state index contributed by atoms with van der Waals surface area (Å²) in [5.74, 6) is -0.552. The Morgan fingerprint density at radius 1 is 1.56 bits per heavy atom. The number of hydrogen-bond donors (Lipinski definition) is 1. The molecule has 1 aromatic carbocycles. The molecule has 1 rings (SSSR count). The first kappa shape index (κ1) is 15.3. The van der Waals surface area contributed by atoms with Crippen LogP contribution in [-0.2, 0) is 0 Å². The first-order valence-corrected chi connectivity index (χ1v) is 6.86. The van der Waals surface area contributed by atoms with E-state index in [2.05, 4.69) is 0 Å². The lowest BCUT2D eigenvalue weighted by Gasteiger charge is -2.26. The lowest BCUT2D eigenvalue weighted by atomic mass is 10.1. The van der Waals surface area contributed by atoms with Crippen LogP contribution >= 0.6 is 34.8 Å². The van der Waals surface area contributed by atoms with Crippen molar-refractivity contribution in [2.75, 3.05) is 6.54 Å². The summed E-state index contributed by atoms with van der Waals surface area (Å²) in [7, 11) is 0. The number of carbonyl (C=O) groups excluding carboxylic acids is 1. The number of nitrogens with two attached hydrogens (primary N) is 1. The minimum absolute atomic E-state index is 0.0279. The first-order valence-electron chi connectivity index (χ1n) is 5.37. The second kappa shape index (κ2) is 6.42. The summed E-state index contributed by atoms with van der Waals surface area (Å²) in [6.07, 6.45) is 0. The summed E-state index contributed by atoms with van der Waals surface area (Å²) in [5.41, 5.74) is 5.94. The molecule has 2 N–H and O–H groups in total. The van der Waals surface area contributed by atoms with E-state index < -0.39 is 0 Å². The van der Waals surface area contributed by atoms with E-state index in [0.29, 0.717) is 9.13 Å². The summed E-state index contributed by atoms with van der Waals surface area (Å²) < 4.78 is 13.6. The number of halogens is 2. The molecule has 0 atom stereocenters. The van der Waals surface area contributed by atoms with E-state index in [-0.39, 0.29) is 29.3 Å². The summed E-state index contributed by atoms with van der Waals surface area (Å²) in [6.45, 7) is 3.98. The molecule has 1 amide bonds. The second-order valence-electron chi connectivity index (χ2n) is 4.12. The largest absolute Gasteiger partial charge is 0.392 e. The quantitative estimate of drug-likeness (QED) is 0.645. The van der Waals surface area contributed by atoms with Gasteiger partial charge in [-0.25, -0.2) is 4.39 Å². The highest BCUT2D eigenvalue weighted by Crippen LogP contribution is 2.17. The summed E-state index contributed by atoms with van der Waals surface area (Å²) in [4.78, 5) is 14.2. The van der Waals surface area contributed by atoms with Crippen molar-refractivity contribution in [1.29, 1.82) is 0 Å². The fourth-order valence-electron chi connectivity index (χ4n) is 1.47. The molecule has 18 heavy (non-hydrogen) atoms. The molecule has 0 heterocycles. The lowest BCUT2D eigenvalue weighted by molar-refractivity contribution is 0.0735. The lowest BCUT2D eigenvalue weighted by Crippen LogP contribution is -2.42. The van der Waals surface area contributed by atoms with Crippen LogP contribution in [0.15, 0.2) is 18.2 Å². The number of thiocarbonyl (C=S) groups is 1. The molecule has 0 saturated carbocycles. The number of hydrogen-bond acceptors (Lipinski definition) is 2. The van der Waals surface area contributed by atoms with E-state index >= 15 is 0 Å². The average molecular weight is 380 g/mol. The zero-order valence-electron chi connectivity index (χ0n) is 10.1. The Hall–Kier alpha value is -0.760. The van der Waals surface area contributed by atoms with Crippen molar-refractivity contribution >= 4 is 45.7 Å².